The van der Waals surface area contributed by atoms with Gasteiger partial charge in [0, 0.05) is 13.5 Å². The summed E-state index contributed by atoms with van der Waals surface area (Å²) in [7, 11) is 1.69. The Morgan fingerprint density at radius 1 is 1.30 bits per heavy atom. The van der Waals surface area contributed by atoms with Crippen molar-refractivity contribution < 1.29 is 14.2 Å². The number of hydrogen-bond donors (Lipinski definition) is 1. The zero-order chi connectivity index (χ0) is 14.6. The summed E-state index contributed by atoms with van der Waals surface area (Å²) in [6.45, 7) is 0. The average molecular weight is 345 g/mol. The summed E-state index contributed by atoms with van der Waals surface area (Å²) in [5.41, 5.74) is 0.476. The lowest BCUT2D eigenvalue weighted by molar-refractivity contribution is -0.111. The molecule has 20 heavy (non-hydrogen) atoms. The van der Waals surface area contributed by atoms with Gasteiger partial charge in [-0.2, -0.15) is 0 Å². The standard InChI is InChI=1S/C16H22BrFO2/c1-20-16(8-4-2-3-5-9-16)15(19)11-12-6-7-14(18)13(17)10-12/h6-7,10,15,19H,2-5,8-9,11H2,1H3. The van der Waals surface area contributed by atoms with Gasteiger partial charge in [0.25, 0.3) is 0 Å². The van der Waals surface area contributed by atoms with E-state index >= 15 is 0 Å². The largest absolute Gasteiger partial charge is 0.390 e. The molecule has 1 aromatic rings. The molecule has 1 N–H and O–H groups in total. The molecule has 0 aromatic heterocycles. The van der Waals surface area contributed by atoms with E-state index < -0.39 is 11.7 Å². The predicted molar refractivity (Wildman–Crippen MR) is 81.3 cm³/mol. The molecule has 1 aliphatic carbocycles. The number of rotatable bonds is 4. The third-order valence-electron chi connectivity index (χ3n) is 4.38. The summed E-state index contributed by atoms with van der Waals surface area (Å²) in [5.74, 6) is -0.279. The highest BCUT2D eigenvalue weighted by atomic mass is 79.9. The van der Waals surface area contributed by atoms with Crippen LogP contribution in [0.2, 0.25) is 0 Å². The Morgan fingerprint density at radius 2 is 1.95 bits per heavy atom. The molecule has 1 unspecified atom stereocenters. The molecule has 4 heteroatoms. The van der Waals surface area contributed by atoms with Crippen LogP contribution in [0.4, 0.5) is 4.39 Å². The first kappa shape index (κ1) is 15.9. The van der Waals surface area contributed by atoms with E-state index in [-0.39, 0.29) is 5.82 Å². The second kappa shape index (κ2) is 7.01. The highest BCUT2D eigenvalue weighted by Crippen LogP contribution is 2.34. The van der Waals surface area contributed by atoms with E-state index in [1.807, 2.05) is 0 Å². The predicted octanol–water partition coefficient (Wildman–Crippen LogP) is 4.23. The maximum absolute atomic E-state index is 13.3. The molecule has 2 nitrogen and oxygen atoms in total. The summed E-state index contributed by atoms with van der Waals surface area (Å²) in [5, 5.41) is 10.6. The van der Waals surface area contributed by atoms with E-state index in [0.29, 0.717) is 10.9 Å². The Kier molecular flexibility index (Phi) is 5.58. The van der Waals surface area contributed by atoms with Crippen molar-refractivity contribution in [2.45, 2.75) is 56.7 Å². The van der Waals surface area contributed by atoms with Crippen molar-refractivity contribution in [3.63, 3.8) is 0 Å². The van der Waals surface area contributed by atoms with E-state index in [2.05, 4.69) is 15.9 Å². The molecule has 0 heterocycles. The first-order valence-electron chi connectivity index (χ1n) is 7.24. The van der Waals surface area contributed by atoms with Crippen LogP contribution in [0, 0.1) is 5.82 Å². The fourth-order valence-electron chi connectivity index (χ4n) is 3.08. The minimum Gasteiger partial charge on any atom is -0.390 e. The number of ether oxygens (including phenoxy) is 1. The third-order valence-corrected chi connectivity index (χ3v) is 4.98. The second-order valence-electron chi connectivity index (χ2n) is 5.65. The summed E-state index contributed by atoms with van der Waals surface area (Å²) >= 11 is 3.19. The van der Waals surface area contributed by atoms with Crippen LogP contribution in [-0.2, 0) is 11.2 Å². The fraction of sp³-hybridized carbons (Fsp3) is 0.625. The minimum absolute atomic E-state index is 0.279. The molecule has 0 aliphatic heterocycles. The number of aliphatic hydroxyl groups excluding tert-OH is 1. The summed E-state index contributed by atoms with van der Waals surface area (Å²) in [6, 6.07) is 4.89. The van der Waals surface area contributed by atoms with E-state index in [9.17, 15) is 9.50 Å². The first-order valence-corrected chi connectivity index (χ1v) is 8.04. The molecule has 1 aromatic carbocycles. The topological polar surface area (TPSA) is 29.5 Å². The van der Waals surface area contributed by atoms with Crippen LogP contribution in [0.25, 0.3) is 0 Å². The Labute approximate surface area is 128 Å². The molecule has 1 saturated carbocycles. The van der Waals surface area contributed by atoms with Gasteiger partial charge in [0.05, 0.1) is 16.2 Å². The lowest BCUT2D eigenvalue weighted by Crippen LogP contribution is -2.45. The van der Waals surface area contributed by atoms with Gasteiger partial charge in [0.15, 0.2) is 0 Å². The molecule has 1 aliphatic rings. The smallest absolute Gasteiger partial charge is 0.137 e. The van der Waals surface area contributed by atoms with E-state index in [0.717, 1.165) is 31.2 Å². The monoisotopic (exact) mass is 344 g/mol. The molecule has 0 radical (unpaired) electrons. The number of benzene rings is 1. The van der Waals surface area contributed by atoms with Crippen LogP contribution in [0.1, 0.15) is 44.1 Å². The summed E-state index contributed by atoms with van der Waals surface area (Å²) in [6.07, 6.45) is 6.34. The van der Waals surface area contributed by atoms with Crippen LogP contribution in [0.3, 0.4) is 0 Å². The molecular weight excluding hydrogens is 323 g/mol. The zero-order valence-electron chi connectivity index (χ0n) is 11.9. The summed E-state index contributed by atoms with van der Waals surface area (Å²) in [4.78, 5) is 0. The Bertz CT molecular complexity index is 442. The Hall–Kier alpha value is -0.450. The zero-order valence-corrected chi connectivity index (χ0v) is 13.5. The minimum atomic E-state index is -0.553. The number of hydrogen-bond acceptors (Lipinski definition) is 2. The van der Waals surface area contributed by atoms with Gasteiger partial charge < -0.3 is 9.84 Å². The molecule has 1 fully saturated rings. The van der Waals surface area contributed by atoms with Gasteiger partial charge in [-0.1, -0.05) is 31.7 Å². The van der Waals surface area contributed by atoms with Crippen LogP contribution < -0.4 is 0 Å². The molecular formula is C16H22BrFO2. The van der Waals surface area contributed by atoms with Gasteiger partial charge >= 0.3 is 0 Å². The Balaban J connectivity index is 2.11. The average Bonchev–Trinajstić information content (AvgIpc) is 2.69. The molecule has 112 valence electrons. The van der Waals surface area contributed by atoms with Crippen LogP contribution in [0.15, 0.2) is 22.7 Å². The van der Waals surface area contributed by atoms with Crippen molar-refractivity contribution in [1.82, 2.24) is 0 Å². The summed E-state index contributed by atoms with van der Waals surface area (Å²) < 4.78 is 19.4. The van der Waals surface area contributed by atoms with E-state index in [4.69, 9.17) is 4.74 Å². The lowest BCUT2D eigenvalue weighted by atomic mass is 9.85. The quantitative estimate of drug-likeness (QED) is 0.828. The third kappa shape index (κ3) is 3.60. The molecule has 0 spiro atoms. The van der Waals surface area contributed by atoms with E-state index in [1.165, 1.54) is 18.9 Å². The van der Waals surface area contributed by atoms with Crippen LogP contribution >= 0.6 is 15.9 Å². The van der Waals surface area contributed by atoms with Gasteiger partial charge in [-0.05, 0) is 46.5 Å². The molecule has 2 rings (SSSR count). The van der Waals surface area contributed by atoms with Crippen molar-refractivity contribution in [2.24, 2.45) is 0 Å². The maximum Gasteiger partial charge on any atom is 0.137 e. The highest BCUT2D eigenvalue weighted by Gasteiger charge is 2.38. The van der Waals surface area contributed by atoms with Gasteiger partial charge in [-0.25, -0.2) is 4.39 Å². The Morgan fingerprint density at radius 3 is 2.50 bits per heavy atom. The van der Waals surface area contributed by atoms with E-state index in [1.54, 1.807) is 19.2 Å². The van der Waals surface area contributed by atoms with Gasteiger partial charge in [0.2, 0.25) is 0 Å². The first-order chi connectivity index (χ1) is 9.57. The molecule has 0 saturated heterocycles. The van der Waals surface area contributed by atoms with Crippen molar-refractivity contribution in [3.05, 3.63) is 34.1 Å². The second-order valence-corrected chi connectivity index (χ2v) is 6.51. The van der Waals surface area contributed by atoms with Crippen LogP contribution in [-0.4, -0.2) is 23.9 Å². The van der Waals surface area contributed by atoms with Crippen molar-refractivity contribution in [3.8, 4) is 0 Å². The molecule has 1 atom stereocenters. The van der Waals surface area contributed by atoms with Crippen molar-refractivity contribution >= 4 is 15.9 Å². The van der Waals surface area contributed by atoms with Gasteiger partial charge in [-0.3, -0.25) is 0 Å². The van der Waals surface area contributed by atoms with Crippen molar-refractivity contribution in [1.29, 1.82) is 0 Å². The molecule has 0 amide bonds. The molecule has 0 bridgehead atoms. The SMILES string of the molecule is COC1(C(O)Cc2ccc(F)c(Br)c2)CCCCCC1. The van der Waals surface area contributed by atoms with Gasteiger partial charge in [-0.15, -0.1) is 0 Å². The number of aliphatic hydroxyl groups is 1. The number of methoxy groups -OCH3 is 1. The highest BCUT2D eigenvalue weighted by molar-refractivity contribution is 9.10. The number of halogens is 2. The normalized spacial score (nSPS) is 20.4. The van der Waals surface area contributed by atoms with Crippen LogP contribution in [0.5, 0.6) is 0 Å². The maximum atomic E-state index is 13.3. The van der Waals surface area contributed by atoms with Gasteiger partial charge in [0.1, 0.15) is 5.82 Å². The fourth-order valence-corrected chi connectivity index (χ4v) is 3.50. The lowest BCUT2D eigenvalue weighted by Gasteiger charge is -2.36. The van der Waals surface area contributed by atoms with Crippen molar-refractivity contribution in [2.75, 3.05) is 7.11 Å².